The van der Waals surface area contributed by atoms with Crippen LogP contribution in [0.2, 0.25) is 0 Å². The standard InChI is InChI=1S/C32H38O20/c1-10-19(37)22(40)24(42)29(48-10)46-7-17-20(38)23(41)25(43)30(51-17)52-27-21(39)18-14(36)5-12(34)6-16(18)49-26(27)11-2-3-13(35)15(4-11)50-31-28(44)32(45,8-33)9-47-31/h2-6,10,17,19-20,22-25,28-31,33-38,40-45H,7-9H2,1H3/t10?,17?,19-,20+,22?,23-,24-,25?,28+,29+,30-,31-,32?/m0/s1. The van der Waals surface area contributed by atoms with Crippen molar-refractivity contribution in [2.24, 2.45) is 0 Å². The Bertz CT molecular complexity index is 1820. The van der Waals surface area contributed by atoms with Crippen LogP contribution in [0.25, 0.3) is 22.3 Å². The van der Waals surface area contributed by atoms with Crippen molar-refractivity contribution in [2.45, 2.75) is 86.3 Å². The molecule has 0 spiro atoms. The Labute approximate surface area is 292 Å². The van der Waals surface area contributed by atoms with E-state index in [0.29, 0.717) is 0 Å². The van der Waals surface area contributed by atoms with Gasteiger partial charge in [-0.25, -0.2) is 0 Å². The minimum absolute atomic E-state index is 0.0985. The fourth-order valence-corrected chi connectivity index (χ4v) is 5.94. The molecule has 3 saturated heterocycles. The summed E-state index contributed by atoms with van der Waals surface area (Å²) in [5.41, 5.74) is -3.61. The Morgan fingerprint density at radius 3 is 2.19 bits per heavy atom. The first-order chi connectivity index (χ1) is 24.5. The lowest BCUT2D eigenvalue weighted by Crippen LogP contribution is -2.61. The number of fused-ring (bicyclic) bond motifs is 1. The van der Waals surface area contributed by atoms with Crippen LogP contribution >= 0.6 is 0 Å². The summed E-state index contributed by atoms with van der Waals surface area (Å²) in [6.45, 7) is -0.640. The van der Waals surface area contributed by atoms with E-state index in [9.17, 15) is 66.1 Å². The number of aromatic hydroxyl groups is 3. The maximum atomic E-state index is 13.9. The van der Waals surface area contributed by atoms with Gasteiger partial charge in [0, 0.05) is 17.7 Å². The second kappa shape index (κ2) is 14.5. The van der Waals surface area contributed by atoms with Crippen molar-refractivity contribution in [3.8, 4) is 40.1 Å². The Morgan fingerprint density at radius 1 is 0.808 bits per heavy atom. The molecule has 20 nitrogen and oxygen atoms in total. The molecular weight excluding hydrogens is 704 g/mol. The topological polar surface area (TPSA) is 328 Å². The molecule has 13 atom stereocenters. The summed E-state index contributed by atoms with van der Waals surface area (Å²) in [4.78, 5) is 13.9. The highest BCUT2D eigenvalue weighted by atomic mass is 16.7. The van der Waals surface area contributed by atoms with Crippen LogP contribution in [0.5, 0.6) is 28.7 Å². The van der Waals surface area contributed by atoms with Gasteiger partial charge >= 0.3 is 0 Å². The van der Waals surface area contributed by atoms with E-state index in [0.717, 1.165) is 24.3 Å². The smallest absolute Gasteiger partial charge is 0.239 e. The quantitative estimate of drug-likeness (QED) is 0.101. The number of rotatable bonds is 9. The predicted molar refractivity (Wildman–Crippen MR) is 167 cm³/mol. The van der Waals surface area contributed by atoms with Crippen molar-refractivity contribution in [2.75, 3.05) is 19.8 Å². The summed E-state index contributed by atoms with van der Waals surface area (Å²) in [5.74, 6) is -3.38. The molecule has 3 aliphatic heterocycles. The summed E-state index contributed by atoms with van der Waals surface area (Å²) >= 11 is 0. The van der Waals surface area contributed by atoms with E-state index in [1.165, 1.54) is 13.0 Å². The summed E-state index contributed by atoms with van der Waals surface area (Å²) in [6.07, 6.45) is -20.0. The molecule has 52 heavy (non-hydrogen) atoms. The van der Waals surface area contributed by atoms with Crippen LogP contribution in [-0.2, 0) is 18.9 Å². The highest BCUT2D eigenvalue weighted by Crippen LogP contribution is 2.41. The molecule has 286 valence electrons. The van der Waals surface area contributed by atoms with E-state index in [4.69, 9.17) is 32.8 Å². The summed E-state index contributed by atoms with van der Waals surface area (Å²) < 4.78 is 39.0. The zero-order chi connectivity index (χ0) is 37.8. The molecule has 6 rings (SSSR count). The van der Waals surface area contributed by atoms with Crippen LogP contribution in [0.15, 0.2) is 39.5 Å². The number of phenols is 3. The average molecular weight is 743 g/mol. The first-order valence-corrected chi connectivity index (χ1v) is 15.9. The van der Waals surface area contributed by atoms with E-state index in [2.05, 4.69) is 0 Å². The fourth-order valence-electron chi connectivity index (χ4n) is 5.94. The molecule has 1 aromatic heterocycles. The van der Waals surface area contributed by atoms with Crippen LogP contribution in [-0.4, -0.2) is 161 Å². The predicted octanol–water partition coefficient (Wildman–Crippen LogP) is -3.57. The van der Waals surface area contributed by atoms with Crippen LogP contribution < -0.4 is 14.9 Å². The van der Waals surface area contributed by atoms with Gasteiger partial charge in [0.1, 0.15) is 76.9 Å². The number of benzene rings is 2. The molecular formula is C32H38O20. The maximum absolute atomic E-state index is 13.9. The first kappa shape index (κ1) is 37.9. The summed E-state index contributed by atoms with van der Waals surface area (Å²) in [7, 11) is 0. The van der Waals surface area contributed by atoms with Crippen LogP contribution in [0.3, 0.4) is 0 Å². The van der Waals surface area contributed by atoms with Gasteiger partial charge in [-0.1, -0.05) is 0 Å². The van der Waals surface area contributed by atoms with Crippen LogP contribution in [0.4, 0.5) is 0 Å². The van der Waals surface area contributed by atoms with E-state index in [1.807, 2.05) is 0 Å². The van der Waals surface area contributed by atoms with Crippen LogP contribution in [0, 0.1) is 0 Å². The van der Waals surface area contributed by atoms with E-state index < -0.39 is 139 Å². The van der Waals surface area contributed by atoms with Gasteiger partial charge in [0.15, 0.2) is 23.5 Å². The third kappa shape index (κ3) is 6.85. The largest absolute Gasteiger partial charge is 0.508 e. The molecule has 2 aromatic carbocycles. The molecule has 3 aliphatic rings. The van der Waals surface area contributed by atoms with Gasteiger partial charge in [0.25, 0.3) is 0 Å². The number of hydrogen-bond acceptors (Lipinski definition) is 20. The van der Waals surface area contributed by atoms with Gasteiger partial charge in [0.05, 0.1) is 25.9 Å². The van der Waals surface area contributed by atoms with Gasteiger partial charge < -0.3 is 94.1 Å². The molecule has 20 heteroatoms. The molecule has 3 fully saturated rings. The second-order valence-electron chi connectivity index (χ2n) is 12.8. The molecule has 0 radical (unpaired) electrons. The SMILES string of the molecule is CC1O[C@@H](OCC2O[C@@H](Oc3c(-c4ccc(O)c(O[C@@H]5OCC(O)(CO)[C@@H]5O)c4)oc4cc(O)cc(O)c4c3=O)C(O)[C@@H](O)[C@@H]2O)[C@@H](O)C(O)[C@H]1O. The highest BCUT2D eigenvalue weighted by molar-refractivity contribution is 5.88. The van der Waals surface area contributed by atoms with Crippen molar-refractivity contribution in [3.63, 3.8) is 0 Å². The van der Waals surface area contributed by atoms with Gasteiger partial charge in [-0.05, 0) is 25.1 Å². The third-order valence-electron chi connectivity index (χ3n) is 9.10. The van der Waals surface area contributed by atoms with Crippen molar-refractivity contribution >= 4 is 11.0 Å². The van der Waals surface area contributed by atoms with Gasteiger partial charge in [-0.15, -0.1) is 0 Å². The molecule has 5 unspecified atom stereocenters. The monoisotopic (exact) mass is 742 g/mol. The number of aliphatic hydroxyl groups excluding tert-OH is 8. The van der Waals surface area contributed by atoms with Crippen molar-refractivity contribution < 1.29 is 94.1 Å². The Hall–Kier alpha value is -3.87. The third-order valence-corrected chi connectivity index (χ3v) is 9.10. The van der Waals surface area contributed by atoms with Gasteiger partial charge in [0.2, 0.25) is 23.8 Å². The van der Waals surface area contributed by atoms with Crippen molar-refractivity contribution in [3.05, 3.63) is 40.6 Å². The molecule has 0 amide bonds. The fraction of sp³-hybridized carbons (Fsp3) is 0.531. The zero-order valence-electron chi connectivity index (χ0n) is 27.1. The molecule has 0 aliphatic carbocycles. The zero-order valence-corrected chi connectivity index (χ0v) is 27.1. The van der Waals surface area contributed by atoms with Gasteiger partial charge in [-0.3, -0.25) is 4.79 Å². The first-order valence-electron chi connectivity index (χ1n) is 15.9. The highest BCUT2D eigenvalue weighted by Gasteiger charge is 2.50. The lowest BCUT2D eigenvalue weighted by atomic mass is 9.98. The number of ether oxygens (including phenoxy) is 6. The Morgan fingerprint density at radius 2 is 1.50 bits per heavy atom. The van der Waals surface area contributed by atoms with Crippen LogP contribution in [0.1, 0.15) is 6.92 Å². The normalized spacial score (nSPS) is 36.6. The van der Waals surface area contributed by atoms with E-state index >= 15 is 0 Å². The number of aliphatic hydroxyl groups is 9. The average Bonchev–Trinajstić information content (AvgIpc) is 3.39. The molecule has 0 saturated carbocycles. The summed E-state index contributed by atoms with van der Waals surface area (Å²) in [5, 5.41) is 123. The molecule has 12 N–H and O–H groups in total. The molecule has 3 aromatic rings. The van der Waals surface area contributed by atoms with E-state index in [1.54, 1.807) is 0 Å². The van der Waals surface area contributed by atoms with Crippen molar-refractivity contribution in [1.29, 1.82) is 0 Å². The maximum Gasteiger partial charge on any atom is 0.239 e. The van der Waals surface area contributed by atoms with Gasteiger partial charge in [-0.2, -0.15) is 0 Å². The minimum atomic E-state index is -2.07. The minimum Gasteiger partial charge on any atom is -0.508 e. The number of hydrogen-bond donors (Lipinski definition) is 12. The Kier molecular flexibility index (Phi) is 10.6. The van der Waals surface area contributed by atoms with Crippen molar-refractivity contribution in [1.82, 2.24) is 0 Å². The lowest BCUT2D eigenvalue weighted by molar-refractivity contribution is -0.318. The Balaban J connectivity index is 1.34. The number of phenolic OH excluding ortho intramolecular Hbond substituents is 3. The lowest BCUT2D eigenvalue weighted by Gasteiger charge is -2.42. The molecule has 4 heterocycles. The molecule has 0 bridgehead atoms. The summed E-state index contributed by atoms with van der Waals surface area (Å²) in [6, 6.07) is 5.23. The second-order valence-corrected chi connectivity index (χ2v) is 12.8. The van der Waals surface area contributed by atoms with E-state index in [-0.39, 0.29) is 16.9 Å².